The number of aromatic nitrogens is 3. The van der Waals surface area contributed by atoms with Crippen molar-refractivity contribution in [3.05, 3.63) is 78.4 Å². The molecule has 0 saturated heterocycles. The van der Waals surface area contributed by atoms with Crippen LogP contribution in [0.25, 0.3) is 11.0 Å². The van der Waals surface area contributed by atoms with Gasteiger partial charge in [0.05, 0.1) is 12.6 Å². The predicted octanol–water partition coefficient (Wildman–Crippen LogP) is 4.22. The van der Waals surface area contributed by atoms with E-state index in [1.807, 2.05) is 45.0 Å². The Balaban J connectivity index is 1.83. The molecule has 9 nitrogen and oxygen atoms in total. The molecule has 2 amide bonds. The van der Waals surface area contributed by atoms with Crippen LogP contribution in [0.5, 0.6) is 11.5 Å². The predicted molar refractivity (Wildman–Crippen MR) is 141 cm³/mol. The van der Waals surface area contributed by atoms with Gasteiger partial charge in [-0.1, -0.05) is 42.5 Å². The van der Waals surface area contributed by atoms with Crippen molar-refractivity contribution in [3.8, 4) is 11.5 Å². The lowest BCUT2D eigenvalue weighted by molar-refractivity contribution is -0.128. The molecule has 37 heavy (non-hydrogen) atoms. The van der Waals surface area contributed by atoms with Crippen LogP contribution in [0, 0.1) is 0 Å². The van der Waals surface area contributed by atoms with Crippen molar-refractivity contribution in [3.63, 3.8) is 0 Å². The van der Waals surface area contributed by atoms with E-state index in [2.05, 4.69) is 15.6 Å². The fraction of sp³-hybridized carbons (Fsp3) is 0.286. The summed E-state index contributed by atoms with van der Waals surface area (Å²) in [6.45, 7) is 5.70. The minimum atomic E-state index is -1.03. The first kappa shape index (κ1) is 25.7. The molecule has 4 rings (SSSR count). The Hall–Kier alpha value is -4.40. The number of phenolic OH excluding ortho intramolecular Hbond substituents is 1. The smallest absolute Gasteiger partial charge is 0.249 e. The molecule has 2 N–H and O–H groups in total. The van der Waals surface area contributed by atoms with E-state index >= 15 is 0 Å². The molecule has 0 fully saturated rings. The maximum absolute atomic E-state index is 14.0. The first-order valence-electron chi connectivity index (χ1n) is 12.1. The van der Waals surface area contributed by atoms with Crippen molar-refractivity contribution in [2.24, 2.45) is 0 Å². The average Bonchev–Trinajstić information content (AvgIpc) is 3.30. The molecule has 192 valence electrons. The zero-order valence-corrected chi connectivity index (χ0v) is 21.4. The zero-order valence-electron chi connectivity index (χ0n) is 21.4. The van der Waals surface area contributed by atoms with E-state index in [4.69, 9.17) is 4.74 Å². The molecule has 0 aliphatic rings. The Kier molecular flexibility index (Phi) is 7.42. The van der Waals surface area contributed by atoms with Crippen LogP contribution in [-0.2, 0) is 16.1 Å². The van der Waals surface area contributed by atoms with Gasteiger partial charge in [-0.25, -0.2) is 4.68 Å². The second kappa shape index (κ2) is 10.7. The lowest BCUT2D eigenvalue weighted by Crippen LogP contribution is -2.51. The first-order chi connectivity index (χ1) is 17.7. The second-order valence-electron chi connectivity index (χ2n) is 9.42. The van der Waals surface area contributed by atoms with Gasteiger partial charge in [-0.3, -0.25) is 14.5 Å². The summed E-state index contributed by atoms with van der Waals surface area (Å²) in [6, 6.07) is 19.6. The van der Waals surface area contributed by atoms with Crippen molar-refractivity contribution in [1.82, 2.24) is 20.3 Å². The van der Waals surface area contributed by atoms with E-state index in [9.17, 15) is 14.7 Å². The molecule has 0 spiro atoms. The van der Waals surface area contributed by atoms with Crippen molar-refractivity contribution in [2.75, 3.05) is 12.0 Å². The summed E-state index contributed by atoms with van der Waals surface area (Å²) in [6.07, 6.45) is 0.694. The largest absolute Gasteiger partial charge is 0.508 e. The van der Waals surface area contributed by atoms with Gasteiger partial charge < -0.3 is 15.2 Å². The summed E-state index contributed by atoms with van der Waals surface area (Å²) < 4.78 is 6.93. The Morgan fingerprint density at radius 2 is 1.81 bits per heavy atom. The van der Waals surface area contributed by atoms with E-state index in [-0.39, 0.29) is 24.1 Å². The lowest BCUT2D eigenvalue weighted by atomic mass is 9.98. The minimum Gasteiger partial charge on any atom is -0.508 e. The maximum Gasteiger partial charge on any atom is 0.249 e. The highest BCUT2D eigenvalue weighted by molar-refractivity contribution is 6.01. The van der Waals surface area contributed by atoms with Crippen LogP contribution in [0.1, 0.15) is 38.8 Å². The molecule has 1 atom stereocenters. The molecular formula is C28H31N5O4. The number of benzene rings is 3. The Bertz CT molecular complexity index is 1400. The number of nitrogens with zero attached hydrogens (tertiary/aromatic N) is 4. The molecule has 1 aromatic heterocycles. The summed E-state index contributed by atoms with van der Waals surface area (Å²) in [5.74, 6) is -0.117. The molecule has 0 unspecified atom stereocenters. The maximum atomic E-state index is 14.0. The second-order valence-corrected chi connectivity index (χ2v) is 9.42. The number of hydrogen-bond donors (Lipinski definition) is 2. The molecule has 4 aromatic rings. The number of para-hydroxylation sites is 1. The van der Waals surface area contributed by atoms with Crippen LogP contribution in [0.3, 0.4) is 0 Å². The van der Waals surface area contributed by atoms with E-state index < -0.39 is 11.6 Å². The number of carbonyl (C=O) groups is 2. The normalized spacial score (nSPS) is 12.2. The zero-order chi connectivity index (χ0) is 26.6. The summed E-state index contributed by atoms with van der Waals surface area (Å²) in [5.41, 5.74) is 1.90. The third-order valence-corrected chi connectivity index (χ3v) is 6.37. The van der Waals surface area contributed by atoms with Gasteiger partial charge >= 0.3 is 0 Å². The fourth-order valence-corrected chi connectivity index (χ4v) is 4.00. The Morgan fingerprint density at radius 3 is 2.51 bits per heavy atom. The quantitative estimate of drug-likeness (QED) is 0.355. The van der Waals surface area contributed by atoms with Gasteiger partial charge in [0.1, 0.15) is 29.6 Å². The molecule has 0 aliphatic heterocycles. The molecule has 0 aliphatic carbocycles. The van der Waals surface area contributed by atoms with E-state index in [1.165, 1.54) is 21.7 Å². The molecule has 0 bridgehead atoms. The molecule has 1 heterocycles. The number of carbonyl (C=O) groups excluding carboxylic acids is 2. The SMILES string of the molecule is CCC(C)(C)NC(=O)[C@H](c1ccc(O)cc1)N(C(=O)Cn1nnc2ccccc21)c1cccc(OC)c1. The van der Waals surface area contributed by atoms with Gasteiger partial charge in [-0.05, 0) is 62.2 Å². The monoisotopic (exact) mass is 501 g/mol. The number of anilines is 1. The van der Waals surface area contributed by atoms with Gasteiger partial charge in [0.25, 0.3) is 0 Å². The van der Waals surface area contributed by atoms with Gasteiger partial charge in [0.2, 0.25) is 11.8 Å². The van der Waals surface area contributed by atoms with Crippen molar-refractivity contribution in [2.45, 2.75) is 45.3 Å². The summed E-state index contributed by atoms with van der Waals surface area (Å²) >= 11 is 0. The van der Waals surface area contributed by atoms with Gasteiger partial charge in [0.15, 0.2) is 0 Å². The number of fused-ring (bicyclic) bond motifs is 1. The van der Waals surface area contributed by atoms with E-state index in [0.29, 0.717) is 34.5 Å². The Labute approximate surface area is 215 Å². The molecule has 9 heteroatoms. The lowest BCUT2D eigenvalue weighted by Gasteiger charge is -2.34. The van der Waals surface area contributed by atoms with Crippen molar-refractivity contribution in [1.29, 1.82) is 0 Å². The van der Waals surface area contributed by atoms with Gasteiger partial charge in [-0.2, -0.15) is 0 Å². The number of nitrogens with one attached hydrogen (secondary N) is 1. The topological polar surface area (TPSA) is 110 Å². The number of phenols is 1. The van der Waals surface area contributed by atoms with E-state index in [1.54, 1.807) is 43.5 Å². The molecule has 0 radical (unpaired) electrons. The summed E-state index contributed by atoms with van der Waals surface area (Å²) in [5, 5.41) is 21.3. The number of aromatic hydroxyl groups is 1. The van der Waals surface area contributed by atoms with Gasteiger partial charge in [0, 0.05) is 17.3 Å². The number of methoxy groups -OCH3 is 1. The van der Waals surface area contributed by atoms with Crippen LogP contribution >= 0.6 is 0 Å². The number of hydrogen-bond acceptors (Lipinski definition) is 6. The van der Waals surface area contributed by atoms with Crippen LogP contribution in [-0.4, -0.2) is 44.6 Å². The Morgan fingerprint density at radius 1 is 1.08 bits per heavy atom. The van der Waals surface area contributed by atoms with Crippen LogP contribution < -0.4 is 15.0 Å². The average molecular weight is 502 g/mol. The standard InChI is InChI=1S/C28H31N5O4/c1-5-28(2,3)29-27(36)26(19-13-15-21(34)16-14-19)33(20-9-8-10-22(17-20)37-4)25(35)18-32-24-12-7-6-11-23(24)30-31-32/h6-17,26,34H,5,18H2,1-4H3,(H,29,36)/t26-/m0/s1. The third kappa shape index (κ3) is 5.72. The summed E-state index contributed by atoms with van der Waals surface area (Å²) in [7, 11) is 1.54. The fourth-order valence-electron chi connectivity index (χ4n) is 4.00. The first-order valence-corrected chi connectivity index (χ1v) is 12.1. The third-order valence-electron chi connectivity index (χ3n) is 6.37. The highest BCUT2D eigenvalue weighted by atomic mass is 16.5. The molecule has 3 aromatic carbocycles. The summed E-state index contributed by atoms with van der Waals surface area (Å²) in [4.78, 5) is 29.4. The number of rotatable bonds is 9. The highest BCUT2D eigenvalue weighted by Gasteiger charge is 2.35. The van der Waals surface area contributed by atoms with Crippen molar-refractivity contribution >= 4 is 28.5 Å². The van der Waals surface area contributed by atoms with Gasteiger partial charge in [-0.15, -0.1) is 5.10 Å². The minimum absolute atomic E-state index is 0.0603. The van der Waals surface area contributed by atoms with Crippen LogP contribution in [0.2, 0.25) is 0 Å². The number of ether oxygens (including phenoxy) is 1. The van der Waals surface area contributed by atoms with E-state index in [0.717, 1.165) is 0 Å². The number of amides is 2. The molecular weight excluding hydrogens is 470 g/mol. The molecule has 0 saturated carbocycles. The highest BCUT2D eigenvalue weighted by Crippen LogP contribution is 2.32. The van der Waals surface area contributed by atoms with Crippen molar-refractivity contribution < 1.29 is 19.4 Å². The van der Waals surface area contributed by atoms with Crippen LogP contribution in [0.4, 0.5) is 5.69 Å². The van der Waals surface area contributed by atoms with Crippen LogP contribution in [0.15, 0.2) is 72.8 Å².